The van der Waals surface area contributed by atoms with Gasteiger partial charge in [0.2, 0.25) is 5.91 Å². The van der Waals surface area contributed by atoms with Gasteiger partial charge in [0.15, 0.2) is 5.96 Å². The average Bonchev–Trinajstić information content (AvgIpc) is 3.28. The smallest absolute Gasteiger partial charge is 0.241 e. The first-order chi connectivity index (χ1) is 15.5. The normalized spacial score (nSPS) is 11.2. The molecule has 0 radical (unpaired) electrons. The molecule has 0 unspecified atom stereocenters. The average molecular weight is 435 g/mol. The number of aliphatic imine (C=N–C) groups is 1. The Kier molecular flexibility index (Phi) is 7.85. The summed E-state index contributed by atoms with van der Waals surface area (Å²) in [5.41, 5.74) is 3.09. The molecule has 8 heteroatoms. The number of ether oxygens (including phenoxy) is 1. The molecule has 0 spiro atoms. The maximum absolute atomic E-state index is 12.1. The summed E-state index contributed by atoms with van der Waals surface area (Å²) in [6.07, 6.45) is 3.84. The summed E-state index contributed by atoms with van der Waals surface area (Å²) >= 11 is 0. The first-order valence-electron chi connectivity index (χ1n) is 10.4. The number of nitrogens with zero attached hydrogens (tertiary/aromatic N) is 5. The van der Waals surface area contributed by atoms with Gasteiger partial charge in [-0.15, -0.1) is 0 Å². The highest BCUT2D eigenvalue weighted by Gasteiger charge is 2.12. The van der Waals surface area contributed by atoms with Gasteiger partial charge in [0.1, 0.15) is 5.75 Å². The van der Waals surface area contributed by atoms with Gasteiger partial charge in [0.25, 0.3) is 0 Å². The first kappa shape index (κ1) is 22.9. The molecule has 0 saturated heterocycles. The van der Waals surface area contributed by atoms with Crippen molar-refractivity contribution < 1.29 is 9.53 Å². The molecule has 0 bridgehead atoms. The highest BCUT2D eigenvalue weighted by molar-refractivity contribution is 5.86. The second-order valence-electron chi connectivity index (χ2n) is 7.61. The van der Waals surface area contributed by atoms with E-state index >= 15 is 0 Å². The lowest BCUT2D eigenvalue weighted by molar-refractivity contribution is -0.127. The molecule has 1 N–H and O–H groups in total. The van der Waals surface area contributed by atoms with E-state index in [9.17, 15) is 4.79 Å². The third-order valence-corrected chi connectivity index (χ3v) is 4.91. The Morgan fingerprint density at radius 1 is 1.06 bits per heavy atom. The van der Waals surface area contributed by atoms with Crippen molar-refractivity contribution in [2.24, 2.45) is 4.99 Å². The molecule has 0 saturated carbocycles. The quantitative estimate of drug-likeness (QED) is 0.436. The number of methoxy groups -OCH3 is 1. The minimum Gasteiger partial charge on any atom is -0.497 e. The Hall–Kier alpha value is -3.81. The lowest BCUT2D eigenvalue weighted by atomic mass is 10.2. The number of hydrogen-bond acceptors (Lipinski definition) is 4. The molecule has 2 aromatic carbocycles. The number of para-hydroxylation sites is 1. The van der Waals surface area contributed by atoms with Crippen LogP contribution in [0, 0.1) is 0 Å². The molecule has 32 heavy (non-hydrogen) atoms. The van der Waals surface area contributed by atoms with E-state index in [0.717, 1.165) is 22.6 Å². The lowest BCUT2D eigenvalue weighted by Crippen LogP contribution is -2.43. The van der Waals surface area contributed by atoms with Gasteiger partial charge in [-0.1, -0.05) is 30.3 Å². The second kappa shape index (κ2) is 11.0. The summed E-state index contributed by atoms with van der Waals surface area (Å²) in [6.45, 7) is 1.25. The predicted octanol–water partition coefficient (Wildman–Crippen LogP) is 2.55. The molecule has 0 atom stereocenters. The van der Waals surface area contributed by atoms with Crippen LogP contribution in [0.2, 0.25) is 0 Å². The van der Waals surface area contributed by atoms with Gasteiger partial charge in [-0.25, -0.2) is 9.67 Å². The van der Waals surface area contributed by atoms with Crippen molar-refractivity contribution in [2.75, 3.05) is 34.8 Å². The minimum absolute atomic E-state index is 0.0209. The lowest BCUT2D eigenvalue weighted by Gasteiger charge is -2.22. The second-order valence-corrected chi connectivity index (χ2v) is 7.61. The summed E-state index contributed by atoms with van der Waals surface area (Å²) in [7, 11) is 7.06. The van der Waals surface area contributed by atoms with Crippen LogP contribution in [-0.2, 0) is 17.9 Å². The van der Waals surface area contributed by atoms with Crippen LogP contribution in [0.3, 0.4) is 0 Å². The largest absolute Gasteiger partial charge is 0.497 e. The van der Waals surface area contributed by atoms with Gasteiger partial charge in [-0.2, -0.15) is 5.10 Å². The van der Waals surface area contributed by atoms with Crippen LogP contribution in [0.1, 0.15) is 11.1 Å². The fourth-order valence-corrected chi connectivity index (χ4v) is 3.03. The van der Waals surface area contributed by atoms with Crippen LogP contribution >= 0.6 is 0 Å². The van der Waals surface area contributed by atoms with Gasteiger partial charge in [-0.3, -0.25) is 4.79 Å². The van der Waals surface area contributed by atoms with E-state index in [-0.39, 0.29) is 12.5 Å². The molecule has 0 aliphatic carbocycles. The van der Waals surface area contributed by atoms with Crippen molar-refractivity contribution in [3.63, 3.8) is 0 Å². The van der Waals surface area contributed by atoms with Crippen molar-refractivity contribution in [2.45, 2.75) is 13.1 Å². The Labute approximate surface area is 189 Å². The van der Waals surface area contributed by atoms with Crippen molar-refractivity contribution in [1.29, 1.82) is 0 Å². The summed E-state index contributed by atoms with van der Waals surface area (Å²) in [5, 5.41) is 7.65. The number of hydrogen-bond donors (Lipinski definition) is 1. The van der Waals surface area contributed by atoms with E-state index in [1.807, 2.05) is 83.6 Å². The molecule has 168 valence electrons. The highest BCUT2D eigenvalue weighted by atomic mass is 16.5. The number of rotatable bonds is 8. The molecule has 8 nitrogen and oxygen atoms in total. The zero-order valence-electron chi connectivity index (χ0n) is 19.0. The number of benzene rings is 2. The van der Waals surface area contributed by atoms with E-state index in [2.05, 4.69) is 10.4 Å². The monoisotopic (exact) mass is 434 g/mol. The molecular formula is C24H30N6O2. The predicted molar refractivity (Wildman–Crippen MR) is 126 cm³/mol. The number of carbonyl (C=O) groups is 1. The molecule has 3 aromatic rings. The molecular weight excluding hydrogens is 404 g/mol. The van der Waals surface area contributed by atoms with E-state index in [1.54, 1.807) is 26.1 Å². The summed E-state index contributed by atoms with van der Waals surface area (Å²) in [4.78, 5) is 20.4. The third-order valence-electron chi connectivity index (χ3n) is 4.91. The zero-order chi connectivity index (χ0) is 22.9. The van der Waals surface area contributed by atoms with Crippen molar-refractivity contribution >= 4 is 11.9 Å². The summed E-state index contributed by atoms with van der Waals surface area (Å²) < 4.78 is 7.06. The van der Waals surface area contributed by atoms with Crippen LogP contribution in [0.4, 0.5) is 0 Å². The van der Waals surface area contributed by atoms with Crippen molar-refractivity contribution in [3.05, 3.63) is 78.1 Å². The maximum Gasteiger partial charge on any atom is 0.241 e. The zero-order valence-corrected chi connectivity index (χ0v) is 19.0. The topological polar surface area (TPSA) is 75.0 Å². The number of carbonyl (C=O) groups excluding carboxylic acids is 1. The molecule has 1 amide bonds. The van der Waals surface area contributed by atoms with Crippen molar-refractivity contribution in [3.8, 4) is 11.4 Å². The van der Waals surface area contributed by atoms with Crippen molar-refractivity contribution in [1.82, 2.24) is 24.9 Å². The number of amides is 1. The molecule has 1 aromatic heterocycles. The van der Waals surface area contributed by atoms with E-state index < -0.39 is 0 Å². The molecule has 1 heterocycles. The van der Waals surface area contributed by atoms with Crippen LogP contribution in [0.25, 0.3) is 5.69 Å². The fourth-order valence-electron chi connectivity index (χ4n) is 3.03. The number of aromatic nitrogens is 2. The molecule has 0 aliphatic rings. The molecule has 0 aliphatic heterocycles. The molecule has 0 fully saturated rings. The van der Waals surface area contributed by atoms with Gasteiger partial charge < -0.3 is 19.9 Å². The fraction of sp³-hybridized carbons (Fsp3) is 0.292. The summed E-state index contributed by atoms with van der Waals surface area (Å²) in [5.74, 6) is 1.43. The number of guanidine groups is 1. The van der Waals surface area contributed by atoms with E-state index in [1.165, 1.54) is 0 Å². The number of likely N-dealkylation sites (N-methyl/N-ethyl adjacent to an activating group) is 1. The van der Waals surface area contributed by atoms with Crippen LogP contribution in [0.15, 0.2) is 72.0 Å². The van der Waals surface area contributed by atoms with Gasteiger partial charge in [0, 0.05) is 39.4 Å². The third kappa shape index (κ3) is 6.34. The Morgan fingerprint density at radius 3 is 2.44 bits per heavy atom. The Bertz CT molecular complexity index is 1030. The SMILES string of the molecule is COc1ccc(CN=C(NCC(=O)N(C)C)N(C)Cc2cnn(-c3ccccc3)c2)cc1. The standard InChI is InChI=1S/C24H30N6O2/c1-28(2)23(31)16-26-24(25-14-19-10-12-22(32-4)13-11-19)29(3)17-20-15-27-30(18-20)21-8-6-5-7-9-21/h5-13,15,18H,14,16-17H2,1-4H3,(H,25,26). The van der Waals surface area contributed by atoms with Crippen LogP contribution in [-0.4, -0.2) is 66.2 Å². The van der Waals surface area contributed by atoms with E-state index in [4.69, 9.17) is 9.73 Å². The maximum atomic E-state index is 12.1. The van der Waals surface area contributed by atoms with E-state index in [0.29, 0.717) is 19.0 Å². The van der Waals surface area contributed by atoms with Gasteiger partial charge in [-0.05, 0) is 29.8 Å². The summed E-state index contributed by atoms with van der Waals surface area (Å²) in [6, 6.07) is 17.8. The van der Waals surface area contributed by atoms with Gasteiger partial charge in [0.05, 0.1) is 32.1 Å². The molecule has 3 rings (SSSR count). The van der Waals surface area contributed by atoms with Crippen LogP contribution < -0.4 is 10.1 Å². The number of nitrogens with one attached hydrogen (secondary N) is 1. The Balaban J connectivity index is 1.72. The first-order valence-corrected chi connectivity index (χ1v) is 10.4. The minimum atomic E-state index is -0.0209. The Morgan fingerprint density at radius 2 is 1.78 bits per heavy atom. The highest BCUT2D eigenvalue weighted by Crippen LogP contribution is 2.13. The van der Waals surface area contributed by atoms with Crippen LogP contribution in [0.5, 0.6) is 5.75 Å². The van der Waals surface area contributed by atoms with Gasteiger partial charge >= 0.3 is 0 Å².